The van der Waals surface area contributed by atoms with Crippen molar-refractivity contribution < 1.29 is 49.8 Å². The molecule has 0 fully saturated rings. The van der Waals surface area contributed by atoms with Crippen molar-refractivity contribution in [3.63, 3.8) is 0 Å². The van der Waals surface area contributed by atoms with Crippen LogP contribution in [0.25, 0.3) is 0 Å². The van der Waals surface area contributed by atoms with Crippen molar-refractivity contribution in [1.29, 1.82) is 0 Å². The second-order valence-corrected chi connectivity index (χ2v) is 0. The van der Waals surface area contributed by atoms with Gasteiger partial charge in [0.25, 0.3) is 0 Å². The van der Waals surface area contributed by atoms with Crippen LogP contribution in [0.3, 0.4) is 0 Å². The van der Waals surface area contributed by atoms with Crippen LogP contribution in [0.5, 0.6) is 0 Å². The summed E-state index contributed by atoms with van der Waals surface area (Å²) >= 11 is 0. The molecular weight excluding hydrogens is 197 g/mol. The Balaban J connectivity index is 0. The average Bonchev–Trinajstić information content (AvgIpc) is 0. The fourth-order valence-corrected chi connectivity index (χ4v) is 0. The fraction of sp³-hybridized carbons (Fsp3) is 0. The van der Waals surface area contributed by atoms with Crippen molar-refractivity contribution in [3.05, 3.63) is 0 Å². The predicted octanol–water partition coefficient (Wildman–Crippen LogP) is -1.74. The van der Waals surface area contributed by atoms with E-state index in [9.17, 15) is 0 Å². The molecule has 0 rings (SSSR count). The maximum atomic E-state index is 0. The molecule has 0 aliphatic carbocycles. The second kappa shape index (κ2) is 170. The summed E-state index contributed by atoms with van der Waals surface area (Å²) in [6, 6.07) is 0. The summed E-state index contributed by atoms with van der Waals surface area (Å²) in [5, 5.41) is 0. The van der Waals surface area contributed by atoms with Gasteiger partial charge in [0.2, 0.25) is 0 Å². The summed E-state index contributed by atoms with van der Waals surface area (Å²) in [5.74, 6) is 0. The van der Waals surface area contributed by atoms with Gasteiger partial charge < -0.3 is 27.4 Å². The monoisotopic (exact) mass is 200 g/mol. The maximum absolute atomic E-state index is 0. The summed E-state index contributed by atoms with van der Waals surface area (Å²) in [6.45, 7) is 0. The predicted molar refractivity (Wildman–Crippen MR) is 13.4 cm³/mol. The first-order valence-corrected chi connectivity index (χ1v) is 0. The van der Waals surface area contributed by atoms with Gasteiger partial charge >= 0.3 is 45.4 Å². The third kappa shape index (κ3) is 121. The molecular formula is H3MgNbO5. The Morgan fingerprint density at radius 3 is 0.714 bits per heavy atom. The first-order valence-electron chi connectivity index (χ1n) is 0. The molecule has 7 heavy (non-hydrogen) atoms. The molecule has 0 heterocycles. The van der Waals surface area contributed by atoms with E-state index in [4.69, 9.17) is 0 Å². The largest absolute Gasteiger partial charge is 5.00 e. The van der Waals surface area contributed by atoms with Crippen LogP contribution in [0.4, 0.5) is 0 Å². The van der Waals surface area contributed by atoms with E-state index in [-0.39, 0.29) is 72.8 Å². The molecule has 5 nitrogen and oxygen atoms in total. The van der Waals surface area contributed by atoms with E-state index < -0.39 is 0 Å². The Hall–Kier alpha value is 1.31. The molecule has 0 amide bonds. The van der Waals surface area contributed by atoms with Gasteiger partial charge in [0.05, 0.1) is 0 Å². The molecule has 0 aromatic carbocycles. The van der Waals surface area contributed by atoms with Gasteiger partial charge in [0.1, 0.15) is 0 Å². The molecule has 0 unspecified atom stereocenters. The topological polar surface area (TPSA) is 147 Å². The average molecular weight is 200 g/mol. The molecule has 0 aromatic heterocycles. The Labute approximate surface area is 72.7 Å². The molecule has 0 aliphatic heterocycles. The normalized spacial score (nSPS) is 0. The van der Waals surface area contributed by atoms with Gasteiger partial charge in [0, 0.05) is 0 Å². The third-order valence-corrected chi connectivity index (χ3v) is 0. The van der Waals surface area contributed by atoms with Crippen molar-refractivity contribution in [2.45, 2.75) is 0 Å². The van der Waals surface area contributed by atoms with Crippen LogP contribution >= 0.6 is 0 Å². The Kier molecular flexibility index (Phi) is 6320. The molecule has 0 bridgehead atoms. The quantitative estimate of drug-likeness (QED) is 0.419. The second-order valence-electron chi connectivity index (χ2n) is 0. The zero-order chi connectivity index (χ0) is 0. The van der Waals surface area contributed by atoms with Crippen LogP contribution in [-0.2, 0) is 38.8 Å². The minimum Gasteiger partial charge on any atom is -2.00 e. The molecule has 40 valence electrons. The minimum absolute atomic E-state index is 0. The van der Waals surface area contributed by atoms with Crippen LogP contribution in [0.15, 0.2) is 0 Å². The fourth-order valence-electron chi connectivity index (χ4n) is 0. The number of rotatable bonds is 0. The molecule has 0 aliphatic rings. The standard InChI is InChI=1S/Mg.Nb.2H2O.3O/h;;2*1H2;;;/q+2;+5;;;3*-2/p-1. The van der Waals surface area contributed by atoms with E-state index in [0.29, 0.717) is 0 Å². The molecule has 0 saturated heterocycles. The summed E-state index contributed by atoms with van der Waals surface area (Å²) < 4.78 is 0. The van der Waals surface area contributed by atoms with Crippen LogP contribution in [0.2, 0.25) is 0 Å². The zero-order valence-corrected chi connectivity index (χ0v) is 6.94. The van der Waals surface area contributed by atoms with Crippen LogP contribution in [0.1, 0.15) is 0 Å². The maximum Gasteiger partial charge on any atom is 5.00 e. The molecule has 0 spiro atoms. The molecule has 0 radical (unpaired) electrons. The van der Waals surface area contributed by atoms with Gasteiger partial charge in [-0.2, -0.15) is 0 Å². The Bertz CT molecular complexity index is 8.04. The van der Waals surface area contributed by atoms with Crippen molar-refractivity contribution in [1.82, 2.24) is 0 Å². The van der Waals surface area contributed by atoms with E-state index in [1.54, 1.807) is 0 Å². The van der Waals surface area contributed by atoms with Crippen molar-refractivity contribution in [2.24, 2.45) is 0 Å². The summed E-state index contributed by atoms with van der Waals surface area (Å²) in [7, 11) is 0. The molecule has 3 N–H and O–H groups in total. The van der Waals surface area contributed by atoms with Gasteiger partial charge in [-0.1, -0.05) is 0 Å². The van der Waals surface area contributed by atoms with Crippen LogP contribution < -0.4 is 0 Å². The summed E-state index contributed by atoms with van der Waals surface area (Å²) in [5.41, 5.74) is 0. The van der Waals surface area contributed by atoms with Crippen LogP contribution in [0, 0.1) is 0 Å². The molecule has 0 aromatic rings. The van der Waals surface area contributed by atoms with Crippen molar-refractivity contribution >= 4 is 23.1 Å². The molecule has 0 saturated carbocycles. The van der Waals surface area contributed by atoms with E-state index >= 15 is 0 Å². The number of hydrogen-bond donors (Lipinski definition) is 0. The van der Waals surface area contributed by atoms with Gasteiger partial charge in [-0.3, -0.25) is 0 Å². The van der Waals surface area contributed by atoms with Crippen molar-refractivity contribution in [3.8, 4) is 0 Å². The van der Waals surface area contributed by atoms with E-state index in [2.05, 4.69) is 0 Å². The first kappa shape index (κ1) is 260. The summed E-state index contributed by atoms with van der Waals surface area (Å²) in [6.07, 6.45) is 0. The minimum atomic E-state index is 0. The van der Waals surface area contributed by atoms with Gasteiger partial charge in [-0.05, 0) is 0 Å². The Morgan fingerprint density at radius 1 is 0.714 bits per heavy atom. The Morgan fingerprint density at radius 2 is 0.714 bits per heavy atom. The SMILES string of the molecule is O.[Mg+2].[Nb+5].[O-2].[O-2].[O-2].[OH-]. The third-order valence-electron chi connectivity index (χ3n) is 0. The smallest absolute Gasteiger partial charge is 2.00 e. The van der Waals surface area contributed by atoms with Gasteiger partial charge in [-0.25, -0.2) is 0 Å². The van der Waals surface area contributed by atoms with Gasteiger partial charge in [0.15, 0.2) is 0 Å². The first-order chi connectivity index (χ1) is 0. The molecule has 7 heteroatoms. The summed E-state index contributed by atoms with van der Waals surface area (Å²) in [4.78, 5) is 0. The van der Waals surface area contributed by atoms with Crippen molar-refractivity contribution in [2.75, 3.05) is 0 Å². The zero-order valence-electron chi connectivity index (χ0n) is 3.33. The van der Waals surface area contributed by atoms with Crippen LogP contribution in [-0.4, -0.2) is 34.0 Å². The van der Waals surface area contributed by atoms with E-state index in [0.717, 1.165) is 0 Å². The van der Waals surface area contributed by atoms with E-state index in [1.165, 1.54) is 0 Å². The number of hydrogen-bond acceptors (Lipinski definition) is 1. The van der Waals surface area contributed by atoms with E-state index in [1.807, 2.05) is 0 Å². The molecule has 0 atom stereocenters. The van der Waals surface area contributed by atoms with Gasteiger partial charge in [-0.15, -0.1) is 0 Å².